The summed E-state index contributed by atoms with van der Waals surface area (Å²) in [5.74, 6) is 0. The second kappa shape index (κ2) is 5.53. The van der Waals surface area contributed by atoms with Crippen molar-refractivity contribution in [2.45, 2.75) is 58.0 Å². The Bertz CT molecular complexity index is 381. The zero-order valence-corrected chi connectivity index (χ0v) is 12.4. The lowest BCUT2D eigenvalue weighted by Gasteiger charge is -2.35. The van der Waals surface area contributed by atoms with Gasteiger partial charge in [-0.05, 0) is 43.9 Å². The van der Waals surface area contributed by atoms with Crippen LogP contribution < -0.4 is 5.32 Å². The molecule has 1 N–H and O–H groups in total. The molecule has 2 heteroatoms. The van der Waals surface area contributed by atoms with Crippen LogP contribution in [0.5, 0.6) is 0 Å². The molecule has 1 nitrogen and oxygen atoms in total. The molecular weight excluding hydrogens is 274 g/mol. The predicted octanol–water partition coefficient (Wildman–Crippen LogP) is 4.57. The first-order valence-corrected chi connectivity index (χ1v) is 7.38. The topological polar surface area (TPSA) is 12.0 Å². The van der Waals surface area contributed by atoms with E-state index in [9.17, 15) is 0 Å². The van der Waals surface area contributed by atoms with Crippen LogP contribution in [0.25, 0.3) is 0 Å². The third-order valence-corrected chi connectivity index (χ3v) is 4.79. The third-order valence-electron chi connectivity index (χ3n) is 3.90. The SMILES string of the molecule is Cc1cc(CNC2(C)CCCCC2)ccc1Br. The van der Waals surface area contributed by atoms with Crippen LogP contribution in [0.3, 0.4) is 0 Å². The second-order valence-electron chi connectivity index (χ2n) is 5.56. The van der Waals surface area contributed by atoms with Crippen LogP contribution in [0.1, 0.15) is 50.2 Å². The maximum Gasteiger partial charge on any atom is 0.0210 e. The maximum absolute atomic E-state index is 3.75. The van der Waals surface area contributed by atoms with E-state index >= 15 is 0 Å². The van der Waals surface area contributed by atoms with Gasteiger partial charge in [0.2, 0.25) is 0 Å². The van der Waals surface area contributed by atoms with Gasteiger partial charge in [-0.25, -0.2) is 0 Å². The van der Waals surface area contributed by atoms with Crippen molar-refractivity contribution in [3.05, 3.63) is 33.8 Å². The minimum atomic E-state index is 0.360. The Morgan fingerprint density at radius 1 is 1.24 bits per heavy atom. The number of aryl methyl sites for hydroxylation is 1. The molecular formula is C15H22BrN. The summed E-state index contributed by atoms with van der Waals surface area (Å²) in [5, 5.41) is 3.75. The molecule has 2 rings (SSSR count). The molecule has 1 saturated carbocycles. The predicted molar refractivity (Wildman–Crippen MR) is 77.2 cm³/mol. The van der Waals surface area contributed by atoms with E-state index in [1.165, 1.54) is 47.7 Å². The molecule has 0 heterocycles. The molecule has 1 aromatic rings. The highest BCUT2D eigenvalue weighted by Crippen LogP contribution is 2.28. The van der Waals surface area contributed by atoms with E-state index in [-0.39, 0.29) is 0 Å². The summed E-state index contributed by atoms with van der Waals surface area (Å²) >= 11 is 3.55. The molecule has 0 aromatic heterocycles. The van der Waals surface area contributed by atoms with Gasteiger partial charge in [-0.3, -0.25) is 0 Å². The monoisotopic (exact) mass is 295 g/mol. The van der Waals surface area contributed by atoms with Crippen LogP contribution >= 0.6 is 15.9 Å². The lowest BCUT2D eigenvalue weighted by atomic mass is 9.83. The van der Waals surface area contributed by atoms with Crippen LogP contribution in [0.2, 0.25) is 0 Å². The zero-order chi connectivity index (χ0) is 12.3. The van der Waals surface area contributed by atoms with E-state index in [4.69, 9.17) is 0 Å². The van der Waals surface area contributed by atoms with Gasteiger partial charge in [-0.15, -0.1) is 0 Å². The highest BCUT2D eigenvalue weighted by atomic mass is 79.9. The first kappa shape index (κ1) is 13.1. The van der Waals surface area contributed by atoms with E-state index in [1.807, 2.05) is 0 Å². The summed E-state index contributed by atoms with van der Waals surface area (Å²) in [6.45, 7) is 5.51. The Morgan fingerprint density at radius 3 is 2.59 bits per heavy atom. The quantitative estimate of drug-likeness (QED) is 0.861. The molecule has 17 heavy (non-hydrogen) atoms. The molecule has 1 fully saturated rings. The molecule has 94 valence electrons. The number of hydrogen-bond donors (Lipinski definition) is 1. The van der Waals surface area contributed by atoms with Crippen LogP contribution in [0.4, 0.5) is 0 Å². The molecule has 0 radical (unpaired) electrons. The fourth-order valence-corrected chi connectivity index (χ4v) is 2.89. The average molecular weight is 296 g/mol. The van der Waals surface area contributed by atoms with Gasteiger partial charge in [0.25, 0.3) is 0 Å². The van der Waals surface area contributed by atoms with Gasteiger partial charge in [-0.1, -0.05) is 47.3 Å². The zero-order valence-electron chi connectivity index (χ0n) is 10.9. The van der Waals surface area contributed by atoms with Gasteiger partial charge in [0.1, 0.15) is 0 Å². The van der Waals surface area contributed by atoms with E-state index < -0.39 is 0 Å². The number of rotatable bonds is 3. The van der Waals surface area contributed by atoms with Gasteiger partial charge in [-0.2, -0.15) is 0 Å². The summed E-state index contributed by atoms with van der Waals surface area (Å²) in [5.41, 5.74) is 3.06. The minimum Gasteiger partial charge on any atom is -0.307 e. The molecule has 0 saturated heterocycles. The van der Waals surface area contributed by atoms with Gasteiger partial charge in [0, 0.05) is 16.6 Å². The van der Waals surface area contributed by atoms with E-state index in [0.29, 0.717) is 5.54 Å². The van der Waals surface area contributed by atoms with Gasteiger partial charge < -0.3 is 5.32 Å². The number of benzene rings is 1. The molecule has 0 amide bonds. The molecule has 0 unspecified atom stereocenters. The number of hydrogen-bond acceptors (Lipinski definition) is 1. The van der Waals surface area contributed by atoms with Crippen molar-refractivity contribution in [1.29, 1.82) is 0 Å². The summed E-state index contributed by atoms with van der Waals surface area (Å²) in [6, 6.07) is 6.62. The largest absolute Gasteiger partial charge is 0.307 e. The summed E-state index contributed by atoms with van der Waals surface area (Å²) < 4.78 is 1.20. The molecule has 0 atom stereocenters. The van der Waals surface area contributed by atoms with Crippen LogP contribution in [0, 0.1) is 6.92 Å². The number of halogens is 1. The van der Waals surface area contributed by atoms with E-state index in [0.717, 1.165) is 6.54 Å². The van der Waals surface area contributed by atoms with E-state index in [1.54, 1.807) is 0 Å². The Labute approximate surface area is 113 Å². The fraction of sp³-hybridized carbons (Fsp3) is 0.600. The van der Waals surface area contributed by atoms with Crippen LogP contribution in [0.15, 0.2) is 22.7 Å². The van der Waals surface area contributed by atoms with E-state index in [2.05, 4.69) is 53.3 Å². The summed E-state index contributed by atoms with van der Waals surface area (Å²) in [6.07, 6.45) is 6.81. The lowest BCUT2D eigenvalue weighted by molar-refractivity contribution is 0.252. The Balaban J connectivity index is 1.94. The molecule has 1 aliphatic carbocycles. The Morgan fingerprint density at radius 2 is 1.94 bits per heavy atom. The van der Waals surface area contributed by atoms with Crippen LogP contribution in [-0.2, 0) is 6.54 Å². The molecule has 1 aromatic carbocycles. The summed E-state index contributed by atoms with van der Waals surface area (Å²) in [4.78, 5) is 0. The minimum absolute atomic E-state index is 0.360. The Kier molecular flexibility index (Phi) is 4.26. The van der Waals surface area contributed by atoms with Crippen molar-refractivity contribution in [2.24, 2.45) is 0 Å². The lowest BCUT2D eigenvalue weighted by Crippen LogP contribution is -2.43. The standard InChI is InChI=1S/C15H22BrN/c1-12-10-13(6-7-14(12)16)11-17-15(2)8-4-3-5-9-15/h6-7,10,17H,3-5,8-9,11H2,1-2H3. The highest BCUT2D eigenvalue weighted by Gasteiger charge is 2.25. The van der Waals surface area contributed by atoms with Crippen molar-refractivity contribution >= 4 is 15.9 Å². The average Bonchev–Trinajstić information content (AvgIpc) is 2.32. The first-order chi connectivity index (χ1) is 8.09. The molecule has 0 spiro atoms. The first-order valence-electron chi connectivity index (χ1n) is 6.59. The molecule has 1 aliphatic rings. The fourth-order valence-electron chi connectivity index (χ4n) is 2.64. The van der Waals surface area contributed by atoms with Crippen LogP contribution in [-0.4, -0.2) is 5.54 Å². The normalized spacial score (nSPS) is 19.2. The van der Waals surface area contributed by atoms with Crippen molar-refractivity contribution < 1.29 is 0 Å². The maximum atomic E-state index is 3.75. The van der Waals surface area contributed by atoms with Crippen molar-refractivity contribution in [3.63, 3.8) is 0 Å². The highest BCUT2D eigenvalue weighted by molar-refractivity contribution is 9.10. The molecule has 0 bridgehead atoms. The van der Waals surface area contributed by atoms with Gasteiger partial charge in [0.05, 0.1) is 0 Å². The van der Waals surface area contributed by atoms with Crippen molar-refractivity contribution in [2.75, 3.05) is 0 Å². The third kappa shape index (κ3) is 3.56. The smallest absolute Gasteiger partial charge is 0.0210 e. The number of nitrogens with one attached hydrogen (secondary N) is 1. The van der Waals surface area contributed by atoms with Crippen molar-refractivity contribution in [1.82, 2.24) is 5.32 Å². The van der Waals surface area contributed by atoms with Gasteiger partial charge in [0.15, 0.2) is 0 Å². The second-order valence-corrected chi connectivity index (χ2v) is 6.41. The van der Waals surface area contributed by atoms with Gasteiger partial charge >= 0.3 is 0 Å². The molecule has 0 aliphatic heterocycles. The summed E-state index contributed by atoms with van der Waals surface area (Å²) in [7, 11) is 0. The Hall–Kier alpha value is -0.340. The van der Waals surface area contributed by atoms with Crippen molar-refractivity contribution in [3.8, 4) is 0 Å².